The number of hydrogen-bond acceptors (Lipinski definition) is 10. The van der Waals surface area contributed by atoms with Gasteiger partial charge in [0.1, 0.15) is 18.3 Å². The number of aliphatic hydroxyl groups excluding tert-OH is 2. The van der Waals surface area contributed by atoms with E-state index in [1.54, 1.807) is 18.3 Å². The lowest BCUT2D eigenvalue weighted by Gasteiger charge is -2.19. The lowest BCUT2D eigenvalue weighted by atomic mass is 10.0. The van der Waals surface area contributed by atoms with Crippen molar-refractivity contribution in [1.29, 1.82) is 0 Å². The molecule has 0 amide bonds. The third-order valence-electron chi connectivity index (χ3n) is 5.91. The van der Waals surface area contributed by atoms with E-state index in [0.717, 1.165) is 38.1 Å². The number of aliphatic hydroxyl groups is 2. The fraction of sp³-hybridized carbons (Fsp3) is 0.318. The van der Waals surface area contributed by atoms with Crippen molar-refractivity contribution in [2.24, 2.45) is 0 Å². The van der Waals surface area contributed by atoms with Gasteiger partial charge in [0.15, 0.2) is 6.23 Å². The summed E-state index contributed by atoms with van der Waals surface area (Å²) in [5.41, 5.74) is 1.62. The third-order valence-corrected chi connectivity index (χ3v) is 8.06. The average molecular weight is 585 g/mol. The number of aromatic nitrogens is 3. The molecule has 3 heterocycles. The molecule has 1 saturated heterocycles. The van der Waals surface area contributed by atoms with Gasteiger partial charge in [-0.15, -0.1) is 0 Å². The molecule has 1 aliphatic rings. The minimum atomic E-state index is -5.38. The molecule has 1 aliphatic heterocycles. The number of pyridine rings is 1. The van der Waals surface area contributed by atoms with Crippen LogP contribution >= 0.6 is 15.6 Å². The summed E-state index contributed by atoms with van der Waals surface area (Å²) >= 11 is 0. The molecule has 5 N–H and O–H groups in total. The van der Waals surface area contributed by atoms with Gasteiger partial charge in [0.2, 0.25) is 0 Å². The molecule has 1 fully saturated rings. The Bertz CT molecular complexity index is 1570. The highest BCUT2D eigenvalue weighted by Crippen LogP contribution is 2.57. The van der Waals surface area contributed by atoms with Gasteiger partial charge in [-0.05, 0) is 35.7 Å². The van der Waals surface area contributed by atoms with Crippen molar-refractivity contribution in [3.63, 3.8) is 0 Å². The van der Waals surface area contributed by atoms with Gasteiger partial charge in [0.05, 0.1) is 18.8 Å². The predicted molar refractivity (Wildman–Crippen MR) is 133 cm³/mol. The van der Waals surface area contributed by atoms with Crippen LogP contribution in [0.4, 0.5) is 0 Å². The molecule has 0 spiro atoms. The lowest BCUT2D eigenvalue weighted by Crippen LogP contribution is -2.43. The van der Waals surface area contributed by atoms with Crippen molar-refractivity contribution in [2.45, 2.75) is 38.0 Å². The van der Waals surface area contributed by atoms with Crippen molar-refractivity contribution in [2.75, 3.05) is 6.61 Å². The Labute approximate surface area is 220 Å². The molecule has 4 rings (SSSR count). The first-order valence-electron chi connectivity index (χ1n) is 11.3. The van der Waals surface area contributed by atoms with Gasteiger partial charge in [-0.25, -0.2) is 13.9 Å². The molecule has 2 aromatic heterocycles. The molecular weight excluding hydrogens is 560 g/mol. The van der Waals surface area contributed by atoms with Crippen LogP contribution in [0, 0.1) is 6.92 Å². The summed E-state index contributed by atoms with van der Waals surface area (Å²) in [6, 6.07) is 12.2. The van der Waals surface area contributed by atoms with Crippen LogP contribution in [0.3, 0.4) is 0 Å². The molecule has 210 valence electrons. The molecule has 15 nitrogen and oxygen atoms in total. The zero-order valence-electron chi connectivity index (χ0n) is 20.2. The number of benzene rings is 1. The quantitative estimate of drug-likeness (QED) is 0.213. The lowest BCUT2D eigenvalue weighted by molar-refractivity contribution is -0.0547. The highest BCUT2D eigenvalue weighted by molar-refractivity contribution is 7.60. The topological polar surface area (TPSA) is 220 Å². The van der Waals surface area contributed by atoms with Crippen LogP contribution in [0.15, 0.2) is 64.4 Å². The first-order valence-corrected chi connectivity index (χ1v) is 14.4. The van der Waals surface area contributed by atoms with Crippen LogP contribution in [-0.4, -0.2) is 63.9 Å². The zero-order valence-corrected chi connectivity index (χ0v) is 22.0. The smallest absolute Gasteiger partial charge is 0.387 e. The van der Waals surface area contributed by atoms with Crippen molar-refractivity contribution >= 4 is 15.6 Å². The van der Waals surface area contributed by atoms with Crippen molar-refractivity contribution in [1.82, 2.24) is 14.1 Å². The van der Waals surface area contributed by atoms with Gasteiger partial charge in [-0.2, -0.15) is 4.31 Å². The molecule has 39 heavy (non-hydrogen) atoms. The summed E-state index contributed by atoms with van der Waals surface area (Å²) in [7, 11) is -10.6. The van der Waals surface area contributed by atoms with Crippen LogP contribution in [0.1, 0.15) is 17.5 Å². The number of nitrogens with zero attached hydrogens (tertiary/aromatic N) is 3. The van der Waals surface area contributed by atoms with E-state index < -0.39 is 58.0 Å². The largest absolute Gasteiger partial charge is 0.481 e. The number of hydrogen-bond donors (Lipinski definition) is 5. The van der Waals surface area contributed by atoms with E-state index in [9.17, 15) is 33.8 Å². The Kier molecular flexibility index (Phi) is 8.50. The van der Waals surface area contributed by atoms with E-state index in [2.05, 4.69) is 13.8 Å². The summed E-state index contributed by atoms with van der Waals surface area (Å²) in [6.07, 6.45) is -3.94. The van der Waals surface area contributed by atoms with Gasteiger partial charge in [-0.1, -0.05) is 24.3 Å². The van der Waals surface area contributed by atoms with Gasteiger partial charge >= 0.3 is 21.3 Å². The van der Waals surface area contributed by atoms with Gasteiger partial charge < -0.3 is 29.6 Å². The van der Waals surface area contributed by atoms with E-state index in [1.165, 1.54) is 0 Å². The van der Waals surface area contributed by atoms with E-state index >= 15 is 0 Å². The number of phosphoric acid groups is 2. The van der Waals surface area contributed by atoms with Crippen LogP contribution < -0.4 is 11.2 Å². The summed E-state index contributed by atoms with van der Waals surface area (Å²) in [5, 5.41) is 20.8. The van der Waals surface area contributed by atoms with Crippen LogP contribution in [-0.2, 0) is 29.2 Å². The summed E-state index contributed by atoms with van der Waals surface area (Å²) in [5.74, 6) is 0. The fourth-order valence-electron chi connectivity index (χ4n) is 4.08. The summed E-state index contributed by atoms with van der Waals surface area (Å²) in [6.45, 7) is 0.787. The molecule has 0 saturated carbocycles. The Hall–Kier alpha value is -2.81. The van der Waals surface area contributed by atoms with Crippen molar-refractivity contribution in [3.8, 4) is 11.1 Å². The molecular formula is C22H25N3O12P2. The Balaban J connectivity index is 1.56. The predicted octanol–water partition coefficient (Wildman–Crippen LogP) is 0.274. The molecule has 2 unspecified atom stereocenters. The molecule has 0 aliphatic carbocycles. The standard InChI is InChI=1S/C22H25N3O12P2/c1-13-4-2-3-5-16(13)14-6-8-23-15(10-14)11-25-18(26)7-9-24(22(25)29)21-20(28)19(27)17(36-21)12-35-39(33,34)37-38(30,31)32/h2-10,17,19-21,27-28H,11-12H2,1H3,(H,33,34)(H2,30,31,32)/t17-,19+,20?,21-/m1/s1. The number of rotatable bonds is 9. The normalized spacial score (nSPS) is 23.0. The fourth-order valence-corrected chi connectivity index (χ4v) is 5.68. The Morgan fingerprint density at radius 2 is 1.77 bits per heavy atom. The maximum Gasteiger partial charge on any atom is 0.481 e. The minimum Gasteiger partial charge on any atom is -0.387 e. The van der Waals surface area contributed by atoms with E-state index in [4.69, 9.17) is 14.5 Å². The number of phosphoric ester groups is 1. The first-order chi connectivity index (χ1) is 18.3. The summed E-state index contributed by atoms with van der Waals surface area (Å²) < 4.78 is 37.7. The second-order valence-corrected chi connectivity index (χ2v) is 11.5. The van der Waals surface area contributed by atoms with E-state index in [1.807, 2.05) is 31.2 Å². The maximum absolute atomic E-state index is 13.2. The highest BCUT2D eigenvalue weighted by Gasteiger charge is 2.46. The SMILES string of the molecule is Cc1ccccc1-c1ccnc(Cn2c(=O)ccn([C@@H]3O[C@H](COP(=O)(O)OP(=O)(O)O)[C@H](O)C3O)c2=O)c1. The Morgan fingerprint density at radius 3 is 2.46 bits per heavy atom. The van der Waals surface area contributed by atoms with E-state index in [0.29, 0.717) is 5.69 Å². The second-order valence-electron chi connectivity index (χ2n) is 8.66. The average Bonchev–Trinajstić information content (AvgIpc) is 3.13. The highest BCUT2D eigenvalue weighted by atomic mass is 31.3. The van der Waals surface area contributed by atoms with Gasteiger partial charge in [-0.3, -0.25) is 23.4 Å². The van der Waals surface area contributed by atoms with Crippen molar-refractivity contribution in [3.05, 3.63) is 87.0 Å². The molecule has 0 bridgehead atoms. The van der Waals surface area contributed by atoms with Gasteiger partial charge in [0.25, 0.3) is 5.56 Å². The van der Waals surface area contributed by atoms with Crippen LogP contribution in [0.5, 0.6) is 0 Å². The molecule has 0 radical (unpaired) electrons. The van der Waals surface area contributed by atoms with Crippen molar-refractivity contribution < 1.29 is 47.6 Å². The molecule has 3 aromatic rings. The first kappa shape index (κ1) is 29.2. The molecule has 1 aromatic carbocycles. The third kappa shape index (κ3) is 6.86. The Morgan fingerprint density at radius 1 is 1.05 bits per heavy atom. The molecule has 17 heteroatoms. The van der Waals surface area contributed by atoms with E-state index in [-0.39, 0.29) is 6.54 Å². The number of ether oxygens (including phenoxy) is 1. The van der Waals surface area contributed by atoms with Crippen LogP contribution in [0.2, 0.25) is 0 Å². The zero-order chi connectivity index (χ0) is 28.5. The van der Waals surface area contributed by atoms with Crippen LogP contribution in [0.25, 0.3) is 11.1 Å². The van der Waals surface area contributed by atoms with Gasteiger partial charge in [0, 0.05) is 18.5 Å². The minimum absolute atomic E-state index is 0.219. The second kappa shape index (κ2) is 11.4. The maximum atomic E-state index is 13.2. The number of aryl methyl sites for hydroxylation is 1. The summed E-state index contributed by atoms with van der Waals surface area (Å²) in [4.78, 5) is 56.8. The monoisotopic (exact) mass is 585 g/mol. The molecule has 5 atom stereocenters.